The third-order valence-electron chi connectivity index (χ3n) is 5.54. The number of carbonyl (C=O) groups excluding carboxylic acids is 1. The Hall–Kier alpha value is -1.36. The molecule has 1 heterocycles. The Morgan fingerprint density at radius 1 is 1.21 bits per heavy atom. The summed E-state index contributed by atoms with van der Waals surface area (Å²) >= 11 is 0. The molecule has 1 aliphatic carbocycles. The van der Waals surface area contributed by atoms with E-state index in [1.807, 2.05) is 24.3 Å². The van der Waals surface area contributed by atoms with Gasteiger partial charge in [-0.2, -0.15) is 0 Å². The van der Waals surface area contributed by atoms with Crippen molar-refractivity contribution in [3.8, 4) is 0 Å². The quantitative estimate of drug-likeness (QED) is 0.839. The zero-order valence-electron chi connectivity index (χ0n) is 15.3. The normalized spacial score (nSPS) is 29.4. The van der Waals surface area contributed by atoms with Crippen molar-refractivity contribution in [1.29, 1.82) is 0 Å². The van der Waals surface area contributed by atoms with Crippen molar-refractivity contribution in [3.05, 3.63) is 29.8 Å². The van der Waals surface area contributed by atoms with Gasteiger partial charge in [0.1, 0.15) is 11.0 Å². The Labute approximate surface area is 147 Å². The fourth-order valence-electron chi connectivity index (χ4n) is 4.83. The Bertz CT molecular complexity index is 670. The fourth-order valence-corrected chi connectivity index (χ4v) is 5.24. The minimum absolute atomic E-state index is 0.133. The number of carbonyl (C=O) groups is 1. The molecule has 1 aliphatic heterocycles. The number of hydrogen-bond donors (Lipinski definition) is 0. The number of hydrogen-bond acceptors (Lipinski definition) is 2. The molecule has 3 unspecified atom stereocenters. The molecule has 0 N–H and O–H groups in total. The van der Waals surface area contributed by atoms with Gasteiger partial charge in [0, 0.05) is 37.1 Å². The molecule has 2 aliphatic rings. The Kier molecular flexibility index (Phi) is 4.27. The summed E-state index contributed by atoms with van der Waals surface area (Å²) in [6.07, 6.45) is 5.04. The van der Waals surface area contributed by atoms with Gasteiger partial charge in [0.25, 0.3) is 5.91 Å². The second kappa shape index (κ2) is 5.87. The molecule has 1 saturated heterocycles. The van der Waals surface area contributed by atoms with Crippen LogP contribution >= 0.6 is 0 Å². The van der Waals surface area contributed by atoms with Crippen LogP contribution in [0.1, 0.15) is 50.4 Å². The molecule has 5 heteroatoms. The standard InChI is InChI=1S/C19H28N2O2S/c1-18(2)10-16-11-19(3,12-18)13-21(16)17(22)14-6-8-15(9-7-14)20(4)24(5)23/h6-9,16H,10-13H2,1-5H3. The first kappa shape index (κ1) is 17.5. The summed E-state index contributed by atoms with van der Waals surface area (Å²) in [7, 11) is 0.731. The van der Waals surface area contributed by atoms with Gasteiger partial charge in [-0.25, -0.2) is 4.21 Å². The molecule has 1 amide bonds. The van der Waals surface area contributed by atoms with Crippen LogP contribution in [-0.2, 0) is 11.0 Å². The summed E-state index contributed by atoms with van der Waals surface area (Å²) in [4.78, 5) is 15.1. The summed E-state index contributed by atoms with van der Waals surface area (Å²) in [5, 5.41) is 0. The topological polar surface area (TPSA) is 40.6 Å². The molecule has 3 atom stereocenters. The Morgan fingerprint density at radius 2 is 1.83 bits per heavy atom. The summed E-state index contributed by atoms with van der Waals surface area (Å²) in [6, 6.07) is 7.83. The van der Waals surface area contributed by atoms with E-state index in [9.17, 15) is 9.00 Å². The number of benzene rings is 1. The molecule has 0 radical (unpaired) electrons. The molecule has 4 nitrogen and oxygen atoms in total. The molecular formula is C19H28N2O2S. The molecule has 3 rings (SSSR count). The Morgan fingerprint density at radius 3 is 2.42 bits per heavy atom. The lowest BCUT2D eigenvalue weighted by molar-refractivity contribution is 0.0708. The van der Waals surface area contributed by atoms with Gasteiger partial charge < -0.3 is 4.90 Å². The van der Waals surface area contributed by atoms with E-state index >= 15 is 0 Å². The maximum Gasteiger partial charge on any atom is 0.254 e. The van der Waals surface area contributed by atoms with Crippen molar-refractivity contribution >= 4 is 22.6 Å². The highest BCUT2D eigenvalue weighted by atomic mass is 32.2. The monoisotopic (exact) mass is 348 g/mol. The average molecular weight is 349 g/mol. The van der Waals surface area contributed by atoms with Crippen molar-refractivity contribution in [3.63, 3.8) is 0 Å². The third kappa shape index (κ3) is 3.23. The lowest BCUT2D eigenvalue weighted by atomic mass is 9.65. The van der Waals surface area contributed by atoms with Gasteiger partial charge in [0.05, 0.1) is 0 Å². The fraction of sp³-hybridized carbons (Fsp3) is 0.632. The first-order chi connectivity index (χ1) is 11.1. The van der Waals surface area contributed by atoms with E-state index < -0.39 is 11.0 Å². The summed E-state index contributed by atoms with van der Waals surface area (Å²) in [5.41, 5.74) is 2.15. The number of likely N-dealkylation sites (tertiary alicyclic amines) is 1. The molecular weight excluding hydrogens is 320 g/mol. The van der Waals surface area contributed by atoms with Gasteiger partial charge in [-0.3, -0.25) is 9.10 Å². The SMILES string of the molecule is CN(c1ccc(C(=O)N2CC3(C)CC2CC(C)(C)C3)cc1)S(C)=O. The van der Waals surface area contributed by atoms with Crippen molar-refractivity contribution in [2.24, 2.45) is 10.8 Å². The largest absolute Gasteiger partial charge is 0.335 e. The van der Waals surface area contributed by atoms with Crippen LogP contribution in [0, 0.1) is 10.8 Å². The van der Waals surface area contributed by atoms with E-state index in [0.29, 0.717) is 11.5 Å². The molecule has 1 saturated carbocycles. The first-order valence-electron chi connectivity index (χ1n) is 8.59. The highest BCUT2D eigenvalue weighted by Gasteiger charge is 2.50. The number of anilines is 1. The van der Waals surface area contributed by atoms with E-state index in [4.69, 9.17) is 0 Å². The number of nitrogens with zero attached hydrogens (tertiary/aromatic N) is 2. The highest BCUT2D eigenvalue weighted by Crippen LogP contribution is 2.52. The lowest BCUT2D eigenvalue weighted by Gasteiger charge is -2.39. The number of rotatable bonds is 3. The van der Waals surface area contributed by atoms with Crippen LogP contribution in [0.4, 0.5) is 5.69 Å². The van der Waals surface area contributed by atoms with Gasteiger partial charge >= 0.3 is 0 Å². The van der Waals surface area contributed by atoms with E-state index in [-0.39, 0.29) is 11.3 Å². The van der Waals surface area contributed by atoms with E-state index in [1.165, 1.54) is 6.42 Å². The first-order valence-corrected chi connectivity index (χ1v) is 10.1. The van der Waals surface area contributed by atoms with Gasteiger partial charge in [0.15, 0.2) is 0 Å². The van der Waals surface area contributed by atoms with Gasteiger partial charge in [0.2, 0.25) is 0 Å². The van der Waals surface area contributed by atoms with Crippen LogP contribution in [0.5, 0.6) is 0 Å². The summed E-state index contributed by atoms with van der Waals surface area (Å²) < 4.78 is 13.3. The number of fused-ring (bicyclic) bond motifs is 2. The average Bonchev–Trinajstić information content (AvgIpc) is 2.74. The van der Waals surface area contributed by atoms with Crippen LogP contribution < -0.4 is 4.31 Å². The molecule has 1 aromatic carbocycles. The Balaban J connectivity index is 1.79. The predicted octanol–water partition coefficient (Wildman–Crippen LogP) is 3.46. The zero-order valence-corrected chi connectivity index (χ0v) is 16.2. The second-order valence-electron chi connectivity index (χ2n) is 8.61. The minimum Gasteiger partial charge on any atom is -0.335 e. The predicted molar refractivity (Wildman–Crippen MR) is 99.5 cm³/mol. The van der Waals surface area contributed by atoms with Crippen LogP contribution in [0.15, 0.2) is 24.3 Å². The van der Waals surface area contributed by atoms with Crippen LogP contribution in [0.3, 0.4) is 0 Å². The van der Waals surface area contributed by atoms with Crippen molar-refractivity contribution in [1.82, 2.24) is 4.90 Å². The molecule has 2 fully saturated rings. The summed E-state index contributed by atoms with van der Waals surface area (Å²) in [5.74, 6) is 0.133. The van der Waals surface area contributed by atoms with E-state index in [1.54, 1.807) is 17.6 Å². The van der Waals surface area contributed by atoms with Crippen LogP contribution in [-0.4, -0.2) is 40.9 Å². The smallest absolute Gasteiger partial charge is 0.254 e. The van der Waals surface area contributed by atoms with Gasteiger partial charge in [-0.1, -0.05) is 20.8 Å². The summed E-state index contributed by atoms with van der Waals surface area (Å²) in [6.45, 7) is 7.82. The van der Waals surface area contributed by atoms with E-state index in [0.717, 1.165) is 30.6 Å². The van der Waals surface area contributed by atoms with Crippen molar-refractivity contribution < 1.29 is 9.00 Å². The minimum atomic E-state index is -1.06. The van der Waals surface area contributed by atoms with E-state index in [2.05, 4.69) is 25.7 Å². The second-order valence-corrected chi connectivity index (χ2v) is 10.0. The van der Waals surface area contributed by atoms with Crippen LogP contribution in [0.25, 0.3) is 0 Å². The molecule has 132 valence electrons. The molecule has 0 spiro atoms. The van der Waals surface area contributed by atoms with Crippen LogP contribution in [0.2, 0.25) is 0 Å². The lowest BCUT2D eigenvalue weighted by Crippen LogP contribution is -2.37. The maximum atomic E-state index is 13.0. The maximum absolute atomic E-state index is 13.0. The molecule has 24 heavy (non-hydrogen) atoms. The van der Waals surface area contributed by atoms with Crippen molar-refractivity contribution in [2.75, 3.05) is 24.2 Å². The third-order valence-corrected chi connectivity index (χ3v) is 6.52. The number of amides is 1. The molecule has 1 aromatic rings. The molecule has 0 aromatic heterocycles. The van der Waals surface area contributed by atoms with Crippen molar-refractivity contribution in [2.45, 2.75) is 46.1 Å². The zero-order chi connectivity index (χ0) is 17.7. The van der Waals surface area contributed by atoms with Gasteiger partial charge in [-0.05, 0) is 54.4 Å². The van der Waals surface area contributed by atoms with Gasteiger partial charge in [-0.15, -0.1) is 0 Å². The molecule has 2 bridgehead atoms. The highest BCUT2D eigenvalue weighted by molar-refractivity contribution is 7.85.